The molecule has 0 aliphatic carbocycles. The summed E-state index contributed by atoms with van der Waals surface area (Å²) in [6.07, 6.45) is 5.48. The van der Waals surface area contributed by atoms with Gasteiger partial charge in [-0.3, -0.25) is 14.8 Å². The van der Waals surface area contributed by atoms with Crippen molar-refractivity contribution in [3.63, 3.8) is 0 Å². The Morgan fingerprint density at radius 2 is 2.14 bits per heavy atom. The van der Waals surface area contributed by atoms with Gasteiger partial charge in [0, 0.05) is 30.5 Å². The molecule has 1 aliphatic heterocycles. The maximum atomic E-state index is 12.7. The van der Waals surface area contributed by atoms with E-state index in [2.05, 4.69) is 9.97 Å². The Labute approximate surface area is 123 Å². The molecule has 1 amide bonds. The van der Waals surface area contributed by atoms with Crippen LogP contribution in [0, 0.1) is 0 Å². The SMILES string of the molecule is CC(O)CC1CCCN1C(=O)c1ccc2nccnc2c1. The normalized spacial score (nSPS) is 19.9. The van der Waals surface area contributed by atoms with Crippen LogP contribution in [0.5, 0.6) is 0 Å². The van der Waals surface area contributed by atoms with Crippen LogP contribution >= 0.6 is 0 Å². The quantitative estimate of drug-likeness (QED) is 0.936. The topological polar surface area (TPSA) is 66.3 Å². The van der Waals surface area contributed by atoms with Crippen molar-refractivity contribution in [1.29, 1.82) is 0 Å². The molecule has 3 rings (SSSR count). The molecular weight excluding hydrogens is 266 g/mol. The molecule has 2 heterocycles. The van der Waals surface area contributed by atoms with Gasteiger partial charge >= 0.3 is 0 Å². The minimum Gasteiger partial charge on any atom is -0.393 e. The van der Waals surface area contributed by atoms with Crippen LogP contribution < -0.4 is 0 Å². The first kappa shape index (κ1) is 13.9. The molecule has 21 heavy (non-hydrogen) atoms. The van der Waals surface area contributed by atoms with Crippen LogP contribution in [0.1, 0.15) is 36.5 Å². The molecule has 5 nitrogen and oxygen atoms in total. The van der Waals surface area contributed by atoms with E-state index in [0.29, 0.717) is 12.0 Å². The lowest BCUT2D eigenvalue weighted by Gasteiger charge is -2.25. The highest BCUT2D eigenvalue weighted by molar-refractivity contribution is 5.97. The van der Waals surface area contributed by atoms with E-state index in [1.807, 2.05) is 11.0 Å². The van der Waals surface area contributed by atoms with Gasteiger partial charge in [0.2, 0.25) is 0 Å². The molecule has 1 saturated heterocycles. The molecule has 0 bridgehead atoms. The van der Waals surface area contributed by atoms with E-state index in [-0.39, 0.29) is 18.1 Å². The van der Waals surface area contributed by atoms with Gasteiger partial charge in [-0.05, 0) is 44.4 Å². The highest BCUT2D eigenvalue weighted by Crippen LogP contribution is 2.24. The highest BCUT2D eigenvalue weighted by Gasteiger charge is 2.30. The molecule has 2 aromatic rings. The lowest BCUT2D eigenvalue weighted by Crippen LogP contribution is -2.37. The number of carbonyl (C=O) groups is 1. The van der Waals surface area contributed by atoms with Crippen molar-refractivity contribution in [1.82, 2.24) is 14.9 Å². The molecule has 0 saturated carbocycles. The number of amides is 1. The molecule has 0 radical (unpaired) electrons. The van der Waals surface area contributed by atoms with Crippen LogP contribution in [-0.4, -0.2) is 44.6 Å². The molecular formula is C16H19N3O2. The first-order valence-corrected chi connectivity index (χ1v) is 7.35. The van der Waals surface area contributed by atoms with Crippen molar-refractivity contribution in [3.05, 3.63) is 36.2 Å². The molecule has 1 N–H and O–H groups in total. The zero-order valence-electron chi connectivity index (χ0n) is 12.1. The van der Waals surface area contributed by atoms with E-state index in [1.165, 1.54) is 0 Å². The molecule has 1 aliphatic rings. The molecule has 5 heteroatoms. The van der Waals surface area contributed by atoms with Crippen molar-refractivity contribution < 1.29 is 9.90 Å². The predicted molar refractivity (Wildman–Crippen MR) is 79.9 cm³/mol. The fraction of sp³-hybridized carbons (Fsp3) is 0.438. The fourth-order valence-corrected chi connectivity index (χ4v) is 3.00. The average molecular weight is 285 g/mol. The number of hydrogen-bond donors (Lipinski definition) is 1. The monoisotopic (exact) mass is 285 g/mol. The summed E-state index contributed by atoms with van der Waals surface area (Å²) in [5.74, 6) is 0.0192. The van der Waals surface area contributed by atoms with Crippen LogP contribution in [0.2, 0.25) is 0 Å². The number of likely N-dealkylation sites (tertiary alicyclic amines) is 1. The highest BCUT2D eigenvalue weighted by atomic mass is 16.3. The van der Waals surface area contributed by atoms with Gasteiger partial charge in [0.15, 0.2) is 0 Å². The van der Waals surface area contributed by atoms with Gasteiger partial charge < -0.3 is 10.0 Å². The summed E-state index contributed by atoms with van der Waals surface area (Å²) in [6.45, 7) is 2.53. The number of aliphatic hydroxyl groups excluding tert-OH is 1. The number of rotatable bonds is 3. The third kappa shape index (κ3) is 2.88. The largest absolute Gasteiger partial charge is 0.393 e. The maximum Gasteiger partial charge on any atom is 0.254 e. The number of benzene rings is 1. The zero-order valence-corrected chi connectivity index (χ0v) is 12.1. The standard InChI is InChI=1S/C16H19N3O2/c1-11(20)9-13-3-2-8-19(13)16(21)12-4-5-14-15(10-12)18-7-6-17-14/h4-7,10-11,13,20H,2-3,8-9H2,1H3. The van der Waals surface area contributed by atoms with E-state index in [4.69, 9.17) is 0 Å². The van der Waals surface area contributed by atoms with Crippen molar-refractivity contribution in [2.75, 3.05) is 6.54 Å². The molecule has 2 unspecified atom stereocenters. The van der Waals surface area contributed by atoms with E-state index in [0.717, 1.165) is 30.4 Å². The summed E-state index contributed by atoms with van der Waals surface area (Å²) < 4.78 is 0. The Balaban J connectivity index is 1.85. The summed E-state index contributed by atoms with van der Waals surface area (Å²) in [4.78, 5) is 23.0. The van der Waals surface area contributed by atoms with Gasteiger partial charge in [-0.15, -0.1) is 0 Å². The summed E-state index contributed by atoms with van der Waals surface area (Å²) in [5.41, 5.74) is 2.16. The van der Waals surface area contributed by atoms with Crippen LogP contribution in [0.15, 0.2) is 30.6 Å². The first-order valence-electron chi connectivity index (χ1n) is 7.35. The fourth-order valence-electron chi connectivity index (χ4n) is 3.00. The van der Waals surface area contributed by atoms with Crippen molar-refractivity contribution in [2.45, 2.75) is 38.3 Å². The number of fused-ring (bicyclic) bond motifs is 1. The van der Waals surface area contributed by atoms with Gasteiger partial charge in [-0.25, -0.2) is 0 Å². The van der Waals surface area contributed by atoms with Crippen molar-refractivity contribution >= 4 is 16.9 Å². The second-order valence-corrected chi connectivity index (χ2v) is 5.64. The van der Waals surface area contributed by atoms with E-state index >= 15 is 0 Å². The van der Waals surface area contributed by atoms with Crippen molar-refractivity contribution in [2.24, 2.45) is 0 Å². The molecule has 110 valence electrons. The number of carbonyl (C=O) groups excluding carboxylic acids is 1. The van der Waals surface area contributed by atoms with Gasteiger partial charge in [0.1, 0.15) is 0 Å². The van der Waals surface area contributed by atoms with Crippen molar-refractivity contribution in [3.8, 4) is 0 Å². The lowest BCUT2D eigenvalue weighted by atomic mass is 10.1. The first-order chi connectivity index (χ1) is 10.1. The molecule has 2 atom stereocenters. The van der Waals surface area contributed by atoms with Crippen LogP contribution in [0.4, 0.5) is 0 Å². The van der Waals surface area contributed by atoms with E-state index < -0.39 is 0 Å². The van der Waals surface area contributed by atoms with Gasteiger partial charge in [-0.1, -0.05) is 0 Å². The Morgan fingerprint density at radius 3 is 2.90 bits per heavy atom. The van der Waals surface area contributed by atoms with Crippen LogP contribution in [0.25, 0.3) is 11.0 Å². The number of hydrogen-bond acceptors (Lipinski definition) is 4. The smallest absolute Gasteiger partial charge is 0.254 e. The number of aromatic nitrogens is 2. The Kier molecular flexibility index (Phi) is 3.84. The Hall–Kier alpha value is -2.01. The molecule has 1 aromatic heterocycles. The average Bonchev–Trinajstić information content (AvgIpc) is 2.93. The van der Waals surface area contributed by atoms with Crippen LogP contribution in [-0.2, 0) is 0 Å². The molecule has 1 fully saturated rings. The Bertz CT molecular complexity index is 657. The minimum absolute atomic E-state index is 0.0192. The zero-order chi connectivity index (χ0) is 14.8. The number of aliphatic hydroxyl groups is 1. The van der Waals surface area contributed by atoms with Crippen LogP contribution in [0.3, 0.4) is 0 Å². The van der Waals surface area contributed by atoms with E-state index in [1.54, 1.807) is 31.5 Å². The second kappa shape index (κ2) is 5.77. The third-order valence-corrected chi connectivity index (χ3v) is 3.97. The summed E-state index contributed by atoms with van der Waals surface area (Å²) >= 11 is 0. The number of nitrogens with zero attached hydrogens (tertiary/aromatic N) is 3. The summed E-state index contributed by atoms with van der Waals surface area (Å²) in [5, 5.41) is 9.57. The second-order valence-electron chi connectivity index (χ2n) is 5.64. The summed E-state index contributed by atoms with van der Waals surface area (Å²) in [6, 6.07) is 5.56. The van der Waals surface area contributed by atoms with Gasteiger partial charge in [0.25, 0.3) is 5.91 Å². The third-order valence-electron chi connectivity index (χ3n) is 3.97. The minimum atomic E-state index is -0.383. The molecule has 1 aromatic carbocycles. The summed E-state index contributed by atoms with van der Waals surface area (Å²) in [7, 11) is 0. The lowest BCUT2D eigenvalue weighted by molar-refractivity contribution is 0.0682. The molecule has 0 spiro atoms. The maximum absolute atomic E-state index is 12.7. The van der Waals surface area contributed by atoms with Gasteiger partial charge in [0.05, 0.1) is 17.1 Å². The Morgan fingerprint density at radius 1 is 1.38 bits per heavy atom. The van der Waals surface area contributed by atoms with Gasteiger partial charge in [-0.2, -0.15) is 0 Å². The predicted octanol–water partition coefficient (Wildman–Crippen LogP) is 2.01. The van der Waals surface area contributed by atoms with E-state index in [9.17, 15) is 9.90 Å².